The number of nitrogens with one attached hydrogen (secondary N) is 1. The molecule has 3 heterocycles. The van der Waals surface area contributed by atoms with Crippen molar-refractivity contribution in [3.63, 3.8) is 0 Å². The van der Waals surface area contributed by atoms with E-state index in [-0.39, 0.29) is 18.1 Å². The predicted molar refractivity (Wildman–Crippen MR) is 97.7 cm³/mol. The van der Waals surface area contributed by atoms with Crippen molar-refractivity contribution >= 4 is 22.6 Å². The highest BCUT2D eigenvalue weighted by Gasteiger charge is 2.19. The maximum absolute atomic E-state index is 12.7. The molecule has 1 aliphatic heterocycles. The van der Waals surface area contributed by atoms with E-state index >= 15 is 0 Å². The maximum atomic E-state index is 12.7. The van der Waals surface area contributed by atoms with E-state index in [9.17, 15) is 9.59 Å². The number of hydrogen-bond acceptors (Lipinski definition) is 4. The van der Waals surface area contributed by atoms with Gasteiger partial charge in [0.15, 0.2) is 5.78 Å². The number of carbonyl (C=O) groups excluding carboxylic acids is 2. The Morgan fingerprint density at radius 2 is 2.15 bits per heavy atom. The van der Waals surface area contributed by atoms with Crippen LogP contribution in [0.3, 0.4) is 0 Å². The van der Waals surface area contributed by atoms with Gasteiger partial charge in [-0.1, -0.05) is 12.1 Å². The van der Waals surface area contributed by atoms with Crippen molar-refractivity contribution in [3.05, 3.63) is 59.5 Å². The van der Waals surface area contributed by atoms with Gasteiger partial charge in [-0.05, 0) is 24.6 Å². The Kier molecular flexibility index (Phi) is 4.16. The maximum Gasteiger partial charge on any atom is 0.267 e. The first-order chi connectivity index (χ1) is 12.7. The molecule has 0 unspecified atom stereocenters. The zero-order chi connectivity index (χ0) is 18.1. The minimum atomic E-state index is -0.0628. The van der Waals surface area contributed by atoms with Crippen LogP contribution in [-0.2, 0) is 13.0 Å². The molecule has 0 radical (unpaired) electrons. The summed E-state index contributed by atoms with van der Waals surface area (Å²) in [6.45, 7) is 1.43. The molecule has 4 rings (SSSR count). The highest BCUT2D eigenvalue weighted by Crippen LogP contribution is 2.24. The van der Waals surface area contributed by atoms with Crippen LogP contribution < -0.4 is 10.1 Å². The van der Waals surface area contributed by atoms with Gasteiger partial charge in [0.05, 0.1) is 19.2 Å². The largest absolute Gasteiger partial charge is 0.497 e. The highest BCUT2D eigenvalue weighted by atomic mass is 16.5. The van der Waals surface area contributed by atoms with Crippen molar-refractivity contribution in [2.45, 2.75) is 19.4 Å². The number of nitrogens with zero attached hydrogens (tertiary/aromatic N) is 2. The molecular formula is C20H19N3O3. The molecule has 3 aromatic rings. The van der Waals surface area contributed by atoms with Gasteiger partial charge in [0, 0.05) is 41.8 Å². The topological polar surface area (TPSA) is 73.2 Å². The van der Waals surface area contributed by atoms with Crippen LogP contribution in [0.1, 0.15) is 33.0 Å². The number of pyridine rings is 1. The predicted octanol–water partition coefficient (Wildman–Crippen LogP) is 2.60. The van der Waals surface area contributed by atoms with E-state index < -0.39 is 0 Å². The summed E-state index contributed by atoms with van der Waals surface area (Å²) in [5, 5.41) is 3.86. The number of benzene rings is 1. The molecule has 0 fully saturated rings. The van der Waals surface area contributed by atoms with Gasteiger partial charge < -0.3 is 14.6 Å². The van der Waals surface area contributed by atoms with Crippen molar-refractivity contribution < 1.29 is 14.3 Å². The van der Waals surface area contributed by atoms with Gasteiger partial charge in [0.2, 0.25) is 0 Å². The third kappa shape index (κ3) is 2.94. The molecule has 0 aliphatic carbocycles. The molecule has 2 aromatic heterocycles. The van der Waals surface area contributed by atoms with Crippen molar-refractivity contribution in [1.82, 2.24) is 14.9 Å². The molecule has 0 spiro atoms. The number of aromatic nitrogens is 2. The first-order valence-electron chi connectivity index (χ1n) is 8.59. The SMILES string of the molecule is COc1ccnc(CC(=O)c2ccc3cc4n(c3c2)CCCNC4=O)c1. The number of hydrogen-bond donors (Lipinski definition) is 1. The summed E-state index contributed by atoms with van der Waals surface area (Å²) in [4.78, 5) is 29.1. The standard InChI is InChI=1S/C20H19N3O3/c1-26-16-5-7-21-15(11-16)12-19(24)14-4-3-13-9-18-20(25)22-6-2-8-23(18)17(13)10-14/h3-5,7,9-11H,2,6,8,12H2,1H3,(H,22,25). The van der Waals surface area contributed by atoms with Crippen molar-refractivity contribution in [2.75, 3.05) is 13.7 Å². The van der Waals surface area contributed by atoms with Crippen LogP contribution in [-0.4, -0.2) is 34.9 Å². The molecule has 0 atom stereocenters. The molecule has 0 saturated carbocycles. The number of ketones is 1. The summed E-state index contributed by atoms with van der Waals surface area (Å²) in [7, 11) is 1.59. The second-order valence-corrected chi connectivity index (χ2v) is 6.35. The Morgan fingerprint density at radius 3 is 3.00 bits per heavy atom. The zero-order valence-corrected chi connectivity index (χ0v) is 14.5. The molecule has 0 saturated heterocycles. The third-order valence-corrected chi connectivity index (χ3v) is 4.67. The number of carbonyl (C=O) groups is 2. The van der Waals surface area contributed by atoms with Crippen LogP contribution in [0.2, 0.25) is 0 Å². The van der Waals surface area contributed by atoms with E-state index in [1.165, 1.54) is 0 Å². The van der Waals surface area contributed by atoms with E-state index in [2.05, 4.69) is 10.3 Å². The molecule has 1 aliphatic rings. The number of methoxy groups -OCH3 is 1. The number of aryl methyl sites for hydroxylation is 1. The Labute approximate surface area is 150 Å². The van der Waals surface area contributed by atoms with Gasteiger partial charge in [0.1, 0.15) is 11.4 Å². The fraction of sp³-hybridized carbons (Fsp3) is 0.250. The van der Waals surface area contributed by atoms with Gasteiger partial charge in [-0.25, -0.2) is 0 Å². The summed E-state index contributed by atoms with van der Waals surface area (Å²) in [6, 6.07) is 11.0. The smallest absolute Gasteiger partial charge is 0.267 e. The fourth-order valence-corrected chi connectivity index (χ4v) is 3.33. The lowest BCUT2D eigenvalue weighted by molar-refractivity contribution is 0.0950. The van der Waals surface area contributed by atoms with Crippen LogP contribution in [0.4, 0.5) is 0 Å². The lowest BCUT2D eigenvalue weighted by atomic mass is 10.0. The number of ether oxygens (including phenoxy) is 1. The summed E-state index contributed by atoms with van der Waals surface area (Å²) in [5.74, 6) is 0.606. The molecule has 0 bridgehead atoms. The Morgan fingerprint density at radius 1 is 1.27 bits per heavy atom. The summed E-state index contributed by atoms with van der Waals surface area (Å²) < 4.78 is 7.18. The van der Waals surface area contributed by atoms with Gasteiger partial charge in [0.25, 0.3) is 5.91 Å². The number of Topliss-reactive ketones (excluding diaryl/α,β-unsaturated/α-hetero) is 1. The molecule has 1 aromatic carbocycles. The van der Waals surface area contributed by atoms with E-state index in [1.54, 1.807) is 25.4 Å². The molecule has 132 valence electrons. The van der Waals surface area contributed by atoms with Gasteiger partial charge >= 0.3 is 0 Å². The Hall–Kier alpha value is -3.15. The molecule has 1 N–H and O–H groups in total. The fourth-order valence-electron chi connectivity index (χ4n) is 3.33. The summed E-state index contributed by atoms with van der Waals surface area (Å²) >= 11 is 0. The first kappa shape index (κ1) is 16.3. The van der Waals surface area contributed by atoms with Gasteiger partial charge in [-0.15, -0.1) is 0 Å². The van der Waals surface area contributed by atoms with Crippen molar-refractivity contribution in [1.29, 1.82) is 0 Å². The van der Waals surface area contributed by atoms with Crippen molar-refractivity contribution in [2.24, 2.45) is 0 Å². The zero-order valence-electron chi connectivity index (χ0n) is 14.5. The number of fused-ring (bicyclic) bond motifs is 3. The molecule has 6 heteroatoms. The normalized spacial score (nSPS) is 13.8. The molecule has 1 amide bonds. The van der Waals surface area contributed by atoms with E-state index in [0.717, 1.165) is 23.9 Å². The minimum absolute atomic E-state index is 0.0127. The van der Waals surface area contributed by atoms with Gasteiger partial charge in [-0.3, -0.25) is 14.6 Å². The second kappa shape index (κ2) is 6.63. The monoisotopic (exact) mass is 349 g/mol. The van der Waals surface area contributed by atoms with E-state index in [0.29, 0.717) is 29.2 Å². The van der Waals surface area contributed by atoms with Gasteiger partial charge in [-0.2, -0.15) is 0 Å². The second-order valence-electron chi connectivity index (χ2n) is 6.35. The number of amides is 1. The van der Waals surface area contributed by atoms with Crippen LogP contribution in [0.5, 0.6) is 5.75 Å². The van der Waals surface area contributed by atoms with Crippen LogP contribution in [0, 0.1) is 0 Å². The molecular weight excluding hydrogens is 330 g/mol. The lowest BCUT2D eigenvalue weighted by Gasteiger charge is -2.07. The third-order valence-electron chi connectivity index (χ3n) is 4.67. The Bertz CT molecular complexity index is 1010. The summed E-state index contributed by atoms with van der Waals surface area (Å²) in [6.07, 6.45) is 2.71. The average Bonchev–Trinajstić information content (AvgIpc) is 2.93. The Balaban J connectivity index is 1.67. The quantitative estimate of drug-likeness (QED) is 0.735. The van der Waals surface area contributed by atoms with Crippen LogP contribution in [0.15, 0.2) is 42.6 Å². The molecule has 6 nitrogen and oxygen atoms in total. The lowest BCUT2D eigenvalue weighted by Crippen LogP contribution is -2.22. The van der Waals surface area contributed by atoms with Crippen molar-refractivity contribution in [3.8, 4) is 5.75 Å². The van der Waals surface area contributed by atoms with E-state index in [1.807, 2.05) is 28.8 Å². The first-order valence-corrected chi connectivity index (χ1v) is 8.59. The number of rotatable bonds is 4. The molecule has 26 heavy (non-hydrogen) atoms. The average molecular weight is 349 g/mol. The van der Waals surface area contributed by atoms with Crippen LogP contribution in [0.25, 0.3) is 10.9 Å². The van der Waals surface area contributed by atoms with Crippen LogP contribution >= 0.6 is 0 Å². The highest BCUT2D eigenvalue weighted by molar-refractivity contribution is 6.03. The van der Waals surface area contributed by atoms with E-state index in [4.69, 9.17) is 4.74 Å². The minimum Gasteiger partial charge on any atom is -0.497 e. The summed E-state index contributed by atoms with van der Waals surface area (Å²) in [5.41, 5.74) is 2.86.